The van der Waals surface area contributed by atoms with Gasteiger partial charge in [-0.3, -0.25) is 0 Å². The van der Waals surface area contributed by atoms with Crippen molar-refractivity contribution < 1.29 is 24.5 Å². The Balaban J connectivity index is 1.83. The van der Waals surface area contributed by atoms with E-state index in [0.717, 1.165) is 5.56 Å². The summed E-state index contributed by atoms with van der Waals surface area (Å²) in [6.07, 6.45) is -3.07. The third-order valence-electron chi connectivity index (χ3n) is 3.84. The third-order valence-corrected chi connectivity index (χ3v) is 3.84. The first-order valence-corrected chi connectivity index (χ1v) is 8.83. The lowest BCUT2D eigenvalue weighted by Crippen LogP contribution is -2.38. The van der Waals surface area contributed by atoms with E-state index in [4.69, 9.17) is 9.47 Å². The van der Waals surface area contributed by atoms with Gasteiger partial charge in [-0.25, -0.2) is 4.79 Å². The summed E-state index contributed by atoms with van der Waals surface area (Å²) in [7, 11) is 0. The second-order valence-electron chi connectivity index (χ2n) is 7.31. The maximum Gasteiger partial charge on any atom is 0.511 e. The zero-order chi connectivity index (χ0) is 19.9. The summed E-state index contributed by atoms with van der Waals surface area (Å²) in [6, 6.07) is 15.8. The number of hydrogen-bond acceptors (Lipinski definition) is 6. The van der Waals surface area contributed by atoms with E-state index in [-0.39, 0.29) is 12.1 Å². The van der Waals surface area contributed by atoms with E-state index in [1.54, 1.807) is 24.3 Å². The van der Waals surface area contributed by atoms with Gasteiger partial charge >= 0.3 is 6.16 Å². The van der Waals surface area contributed by atoms with Crippen molar-refractivity contribution >= 4 is 6.16 Å². The molecule has 0 saturated carbocycles. The van der Waals surface area contributed by atoms with E-state index in [0.29, 0.717) is 17.7 Å². The van der Waals surface area contributed by atoms with Gasteiger partial charge in [-0.15, -0.1) is 0 Å². The van der Waals surface area contributed by atoms with Crippen molar-refractivity contribution in [3.8, 4) is 0 Å². The van der Waals surface area contributed by atoms with Crippen LogP contribution in [0.3, 0.4) is 0 Å². The molecule has 27 heavy (non-hydrogen) atoms. The minimum absolute atomic E-state index is 0.0678. The van der Waals surface area contributed by atoms with Crippen LogP contribution < -0.4 is 5.32 Å². The van der Waals surface area contributed by atoms with Crippen LogP contribution in [-0.4, -0.2) is 28.5 Å². The van der Waals surface area contributed by atoms with Gasteiger partial charge in [0.2, 0.25) is 6.29 Å². The van der Waals surface area contributed by atoms with Crippen molar-refractivity contribution in [3.63, 3.8) is 0 Å². The SMILES string of the molecule is CC(C)(C)NC[C@H](O)c1ccc([C@H](O)OC(=O)OCc2ccccc2)cc1. The van der Waals surface area contributed by atoms with Crippen molar-refractivity contribution in [2.45, 2.75) is 45.3 Å². The maximum absolute atomic E-state index is 11.7. The molecule has 6 nitrogen and oxygen atoms in total. The van der Waals surface area contributed by atoms with Crippen LogP contribution in [0.4, 0.5) is 4.79 Å². The van der Waals surface area contributed by atoms with Crippen LogP contribution in [0.15, 0.2) is 54.6 Å². The summed E-state index contributed by atoms with van der Waals surface area (Å²) < 4.78 is 9.85. The lowest BCUT2D eigenvalue weighted by atomic mass is 10.0. The normalized spacial score (nSPS) is 13.7. The van der Waals surface area contributed by atoms with Gasteiger partial charge in [-0.05, 0) is 31.9 Å². The standard InChI is InChI=1S/C21H27NO5/c1-21(2,3)22-13-18(23)16-9-11-17(12-10-16)19(24)27-20(25)26-14-15-7-5-4-6-8-15/h4-12,18-19,22-24H,13-14H2,1-3H3/t18-,19+/m0/s1. The van der Waals surface area contributed by atoms with Crippen molar-refractivity contribution in [1.82, 2.24) is 5.32 Å². The Labute approximate surface area is 159 Å². The molecule has 0 aliphatic rings. The van der Waals surface area contributed by atoms with Gasteiger partial charge in [0.25, 0.3) is 0 Å². The molecule has 0 amide bonds. The Kier molecular flexibility index (Phi) is 7.36. The van der Waals surface area contributed by atoms with Crippen molar-refractivity contribution in [1.29, 1.82) is 0 Å². The Bertz CT molecular complexity index is 710. The van der Waals surface area contributed by atoms with Gasteiger partial charge in [0.15, 0.2) is 0 Å². The predicted octanol–water partition coefficient (Wildman–Crippen LogP) is 3.45. The summed E-state index contributed by atoms with van der Waals surface area (Å²) in [5, 5.41) is 23.5. The Morgan fingerprint density at radius 1 is 1.00 bits per heavy atom. The molecule has 0 saturated heterocycles. The van der Waals surface area contributed by atoms with Crippen LogP contribution in [0.1, 0.15) is 49.9 Å². The number of ether oxygens (including phenoxy) is 2. The molecule has 2 aromatic rings. The lowest BCUT2D eigenvalue weighted by Gasteiger charge is -2.23. The summed E-state index contributed by atoms with van der Waals surface area (Å²) in [6.45, 7) is 6.54. The first-order valence-electron chi connectivity index (χ1n) is 8.83. The van der Waals surface area contributed by atoms with Gasteiger partial charge in [-0.1, -0.05) is 54.6 Å². The fourth-order valence-corrected chi connectivity index (χ4v) is 2.31. The molecule has 0 aliphatic carbocycles. The molecule has 0 bridgehead atoms. The highest BCUT2D eigenvalue weighted by Gasteiger charge is 2.17. The van der Waals surface area contributed by atoms with Crippen molar-refractivity contribution in [3.05, 3.63) is 71.3 Å². The highest BCUT2D eigenvalue weighted by atomic mass is 16.8. The van der Waals surface area contributed by atoms with Crippen LogP contribution in [0.5, 0.6) is 0 Å². The van der Waals surface area contributed by atoms with Crippen LogP contribution in [0.2, 0.25) is 0 Å². The predicted molar refractivity (Wildman–Crippen MR) is 102 cm³/mol. The zero-order valence-electron chi connectivity index (χ0n) is 15.9. The molecule has 0 heterocycles. The molecule has 3 N–H and O–H groups in total. The van der Waals surface area contributed by atoms with E-state index >= 15 is 0 Å². The van der Waals surface area contributed by atoms with Crippen LogP contribution in [0.25, 0.3) is 0 Å². The molecule has 0 unspecified atom stereocenters. The Morgan fingerprint density at radius 2 is 1.59 bits per heavy atom. The van der Waals surface area contributed by atoms with Crippen molar-refractivity contribution in [2.75, 3.05) is 6.54 Å². The minimum atomic E-state index is -1.44. The lowest BCUT2D eigenvalue weighted by molar-refractivity contribution is -0.0848. The average molecular weight is 373 g/mol. The number of aliphatic hydroxyl groups excluding tert-OH is 2. The van der Waals surface area contributed by atoms with E-state index in [1.807, 2.05) is 51.1 Å². The first-order chi connectivity index (χ1) is 12.7. The van der Waals surface area contributed by atoms with Gasteiger partial charge in [-0.2, -0.15) is 0 Å². The van der Waals surface area contributed by atoms with Crippen molar-refractivity contribution in [2.24, 2.45) is 0 Å². The van der Waals surface area contributed by atoms with E-state index in [9.17, 15) is 15.0 Å². The maximum atomic E-state index is 11.7. The molecule has 0 radical (unpaired) electrons. The number of β-amino-alcohol motifs (C(OH)–C–C–N with tert-alkyl or cyclic N) is 1. The largest absolute Gasteiger partial charge is 0.511 e. The molecule has 6 heteroatoms. The number of hydrogen-bond donors (Lipinski definition) is 3. The average Bonchev–Trinajstić information content (AvgIpc) is 2.65. The van der Waals surface area contributed by atoms with Gasteiger partial charge in [0.1, 0.15) is 6.61 Å². The Morgan fingerprint density at radius 3 is 2.19 bits per heavy atom. The van der Waals surface area contributed by atoms with Crippen LogP contribution >= 0.6 is 0 Å². The highest BCUT2D eigenvalue weighted by Crippen LogP contribution is 2.20. The fraction of sp³-hybridized carbons (Fsp3) is 0.381. The molecule has 0 fully saturated rings. The molecule has 0 aliphatic heterocycles. The van der Waals surface area contributed by atoms with Gasteiger partial charge in [0, 0.05) is 17.6 Å². The smallest absolute Gasteiger partial charge is 0.429 e. The van der Waals surface area contributed by atoms with E-state index in [1.165, 1.54) is 0 Å². The number of carbonyl (C=O) groups is 1. The topological polar surface area (TPSA) is 88.0 Å². The Hall–Kier alpha value is -2.41. The van der Waals surface area contributed by atoms with E-state index < -0.39 is 18.5 Å². The second-order valence-corrected chi connectivity index (χ2v) is 7.31. The molecule has 2 aromatic carbocycles. The van der Waals surface area contributed by atoms with Crippen LogP contribution in [0, 0.1) is 0 Å². The highest BCUT2D eigenvalue weighted by molar-refractivity contribution is 5.60. The van der Waals surface area contributed by atoms with Crippen LogP contribution in [-0.2, 0) is 16.1 Å². The number of nitrogens with one attached hydrogen (secondary N) is 1. The molecule has 0 aromatic heterocycles. The number of carbonyl (C=O) groups excluding carboxylic acids is 1. The molecule has 146 valence electrons. The summed E-state index contributed by atoms with van der Waals surface area (Å²) in [5.74, 6) is 0. The molecule has 2 atom stereocenters. The van der Waals surface area contributed by atoms with Gasteiger partial charge < -0.3 is 25.0 Å². The quantitative estimate of drug-likeness (QED) is 0.509. The monoisotopic (exact) mass is 373 g/mol. The summed E-state index contributed by atoms with van der Waals surface area (Å²) >= 11 is 0. The summed E-state index contributed by atoms with van der Waals surface area (Å²) in [4.78, 5) is 11.7. The summed E-state index contributed by atoms with van der Waals surface area (Å²) in [5.41, 5.74) is 1.83. The minimum Gasteiger partial charge on any atom is -0.429 e. The number of benzene rings is 2. The third kappa shape index (κ3) is 7.38. The molecule has 2 rings (SSSR count). The first kappa shape index (κ1) is 20.9. The van der Waals surface area contributed by atoms with Gasteiger partial charge in [0.05, 0.1) is 6.10 Å². The molecule has 0 spiro atoms. The fourth-order valence-electron chi connectivity index (χ4n) is 2.31. The second kappa shape index (κ2) is 9.50. The number of rotatable bonds is 7. The number of aliphatic hydroxyl groups is 2. The zero-order valence-corrected chi connectivity index (χ0v) is 15.9. The molecular weight excluding hydrogens is 346 g/mol. The van der Waals surface area contributed by atoms with E-state index in [2.05, 4.69) is 5.32 Å². The molecular formula is C21H27NO5.